The van der Waals surface area contributed by atoms with E-state index in [4.69, 9.17) is 4.74 Å². The molecule has 2 rings (SSSR count). The molecule has 1 aliphatic carbocycles. The lowest BCUT2D eigenvalue weighted by Crippen LogP contribution is -2.24. The van der Waals surface area contributed by atoms with Crippen molar-refractivity contribution in [3.05, 3.63) is 28.5 Å². The SMILES string of the molecule is CCC1CCC(Oc2cc(Br)ccc2F)CC1. The summed E-state index contributed by atoms with van der Waals surface area (Å²) in [5, 5.41) is 0. The van der Waals surface area contributed by atoms with Crippen molar-refractivity contribution in [3.63, 3.8) is 0 Å². The smallest absolute Gasteiger partial charge is 0.165 e. The first-order chi connectivity index (χ1) is 8.19. The Hall–Kier alpha value is -0.570. The lowest BCUT2D eigenvalue weighted by molar-refractivity contribution is 0.125. The highest BCUT2D eigenvalue weighted by atomic mass is 79.9. The average molecular weight is 301 g/mol. The van der Waals surface area contributed by atoms with Crippen molar-refractivity contribution in [2.24, 2.45) is 5.92 Å². The first-order valence-electron chi connectivity index (χ1n) is 6.30. The fraction of sp³-hybridized carbons (Fsp3) is 0.571. The van der Waals surface area contributed by atoms with Crippen LogP contribution in [-0.2, 0) is 0 Å². The molecular formula is C14H18BrFO. The van der Waals surface area contributed by atoms with Crippen LogP contribution in [0.4, 0.5) is 4.39 Å². The van der Waals surface area contributed by atoms with E-state index >= 15 is 0 Å². The monoisotopic (exact) mass is 300 g/mol. The van der Waals surface area contributed by atoms with Gasteiger partial charge in [0.2, 0.25) is 0 Å². The van der Waals surface area contributed by atoms with Crippen molar-refractivity contribution < 1.29 is 9.13 Å². The summed E-state index contributed by atoms with van der Waals surface area (Å²) in [6.07, 6.45) is 5.93. The van der Waals surface area contributed by atoms with Crippen LogP contribution in [-0.4, -0.2) is 6.10 Å². The highest BCUT2D eigenvalue weighted by Gasteiger charge is 2.22. The fourth-order valence-electron chi connectivity index (χ4n) is 2.41. The molecule has 17 heavy (non-hydrogen) atoms. The normalized spacial score (nSPS) is 24.6. The molecule has 0 N–H and O–H groups in total. The molecule has 0 aliphatic heterocycles. The summed E-state index contributed by atoms with van der Waals surface area (Å²) in [5.41, 5.74) is 0. The summed E-state index contributed by atoms with van der Waals surface area (Å²) in [6, 6.07) is 4.84. The highest BCUT2D eigenvalue weighted by Crippen LogP contribution is 2.31. The van der Waals surface area contributed by atoms with Crippen molar-refractivity contribution in [2.75, 3.05) is 0 Å². The number of halogens is 2. The van der Waals surface area contributed by atoms with Gasteiger partial charge in [-0.05, 0) is 49.8 Å². The van der Waals surface area contributed by atoms with E-state index in [2.05, 4.69) is 22.9 Å². The van der Waals surface area contributed by atoms with Crippen molar-refractivity contribution in [1.82, 2.24) is 0 Å². The van der Waals surface area contributed by atoms with Crippen LogP contribution >= 0.6 is 15.9 Å². The number of hydrogen-bond acceptors (Lipinski definition) is 1. The Kier molecular flexibility index (Phi) is 4.43. The van der Waals surface area contributed by atoms with Crippen LogP contribution in [0.2, 0.25) is 0 Å². The van der Waals surface area contributed by atoms with E-state index in [1.54, 1.807) is 12.1 Å². The van der Waals surface area contributed by atoms with Gasteiger partial charge in [-0.25, -0.2) is 4.39 Å². The maximum Gasteiger partial charge on any atom is 0.165 e. The Labute approximate surface area is 110 Å². The van der Waals surface area contributed by atoms with Gasteiger partial charge < -0.3 is 4.74 Å². The largest absolute Gasteiger partial charge is 0.487 e. The molecule has 0 saturated heterocycles. The molecule has 0 radical (unpaired) electrons. The van der Waals surface area contributed by atoms with Crippen molar-refractivity contribution in [1.29, 1.82) is 0 Å². The Bertz CT molecular complexity index is 372. The van der Waals surface area contributed by atoms with Crippen molar-refractivity contribution >= 4 is 15.9 Å². The third-order valence-electron chi connectivity index (χ3n) is 3.56. The van der Waals surface area contributed by atoms with E-state index in [0.29, 0.717) is 5.75 Å². The molecule has 0 spiro atoms. The minimum atomic E-state index is -0.272. The fourth-order valence-corrected chi connectivity index (χ4v) is 2.75. The van der Waals surface area contributed by atoms with Crippen molar-refractivity contribution in [3.8, 4) is 5.75 Å². The molecule has 0 unspecified atom stereocenters. The Morgan fingerprint density at radius 3 is 2.65 bits per heavy atom. The van der Waals surface area contributed by atoms with Gasteiger partial charge in [0.1, 0.15) is 0 Å². The van der Waals surface area contributed by atoms with Crippen LogP contribution in [0.1, 0.15) is 39.0 Å². The number of hydrogen-bond donors (Lipinski definition) is 0. The third kappa shape index (κ3) is 3.44. The Morgan fingerprint density at radius 2 is 2.00 bits per heavy atom. The molecule has 3 heteroatoms. The molecular weight excluding hydrogens is 283 g/mol. The highest BCUT2D eigenvalue weighted by molar-refractivity contribution is 9.10. The number of ether oxygens (including phenoxy) is 1. The lowest BCUT2D eigenvalue weighted by atomic mass is 9.86. The molecule has 0 atom stereocenters. The van der Waals surface area contributed by atoms with Crippen LogP contribution in [0.25, 0.3) is 0 Å². The van der Waals surface area contributed by atoms with E-state index in [0.717, 1.165) is 23.2 Å². The van der Waals surface area contributed by atoms with Gasteiger partial charge in [-0.2, -0.15) is 0 Å². The van der Waals surface area contributed by atoms with E-state index in [-0.39, 0.29) is 11.9 Å². The van der Waals surface area contributed by atoms with Gasteiger partial charge in [0.25, 0.3) is 0 Å². The molecule has 1 saturated carbocycles. The zero-order valence-electron chi connectivity index (χ0n) is 10.1. The predicted octanol–water partition coefficient (Wildman–Crippen LogP) is 4.94. The van der Waals surface area contributed by atoms with Crippen LogP contribution in [0.3, 0.4) is 0 Å². The first-order valence-corrected chi connectivity index (χ1v) is 7.10. The van der Waals surface area contributed by atoms with Gasteiger partial charge in [-0.3, -0.25) is 0 Å². The standard InChI is InChI=1S/C14H18BrFO/c1-2-10-3-6-12(7-4-10)17-14-9-11(15)5-8-13(14)16/h5,8-10,12H,2-4,6-7H2,1H3. The topological polar surface area (TPSA) is 9.23 Å². The molecule has 0 bridgehead atoms. The van der Waals surface area contributed by atoms with Crippen molar-refractivity contribution in [2.45, 2.75) is 45.1 Å². The molecule has 1 aliphatic rings. The second kappa shape index (κ2) is 5.85. The van der Waals surface area contributed by atoms with E-state index in [1.165, 1.54) is 25.3 Å². The second-order valence-electron chi connectivity index (χ2n) is 4.74. The van der Waals surface area contributed by atoms with E-state index < -0.39 is 0 Å². The van der Waals surface area contributed by atoms with Gasteiger partial charge in [-0.15, -0.1) is 0 Å². The maximum atomic E-state index is 13.5. The Balaban J connectivity index is 1.95. The molecule has 1 aromatic rings. The minimum absolute atomic E-state index is 0.182. The van der Waals surface area contributed by atoms with Crippen LogP contribution in [0, 0.1) is 11.7 Å². The molecule has 0 amide bonds. The molecule has 94 valence electrons. The summed E-state index contributed by atoms with van der Waals surface area (Å²) >= 11 is 3.34. The summed E-state index contributed by atoms with van der Waals surface area (Å²) < 4.78 is 20.1. The van der Waals surface area contributed by atoms with Crippen LogP contribution < -0.4 is 4.74 Å². The summed E-state index contributed by atoms with van der Waals surface area (Å²) in [4.78, 5) is 0. The molecule has 0 heterocycles. The zero-order valence-corrected chi connectivity index (χ0v) is 11.7. The number of rotatable bonds is 3. The third-order valence-corrected chi connectivity index (χ3v) is 4.05. The van der Waals surface area contributed by atoms with Gasteiger partial charge in [0, 0.05) is 4.47 Å². The zero-order chi connectivity index (χ0) is 12.3. The Morgan fingerprint density at radius 1 is 1.29 bits per heavy atom. The first kappa shape index (κ1) is 12.9. The molecule has 1 fully saturated rings. The van der Waals surface area contributed by atoms with E-state index in [9.17, 15) is 4.39 Å². The van der Waals surface area contributed by atoms with Gasteiger partial charge >= 0.3 is 0 Å². The predicted molar refractivity (Wildman–Crippen MR) is 70.8 cm³/mol. The molecule has 1 nitrogen and oxygen atoms in total. The number of benzene rings is 1. The second-order valence-corrected chi connectivity index (χ2v) is 5.66. The summed E-state index contributed by atoms with van der Waals surface area (Å²) in [7, 11) is 0. The van der Waals surface area contributed by atoms with Gasteiger partial charge in [-0.1, -0.05) is 29.3 Å². The van der Waals surface area contributed by atoms with Gasteiger partial charge in [0.15, 0.2) is 11.6 Å². The maximum absolute atomic E-state index is 13.5. The molecule has 0 aromatic heterocycles. The van der Waals surface area contributed by atoms with Crippen LogP contribution in [0.5, 0.6) is 5.75 Å². The lowest BCUT2D eigenvalue weighted by Gasteiger charge is -2.28. The van der Waals surface area contributed by atoms with Crippen LogP contribution in [0.15, 0.2) is 22.7 Å². The van der Waals surface area contributed by atoms with E-state index in [1.807, 2.05) is 0 Å². The average Bonchev–Trinajstić information content (AvgIpc) is 2.35. The summed E-state index contributed by atoms with van der Waals surface area (Å²) in [6.45, 7) is 2.24. The summed E-state index contributed by atoms with van der Waals surface area (Å²) in [5.74, 6) is 0.937. The quantitative estimate of drug-likeness (QED) is 0.768. The van der Waals surface area contributed by atoms with Gasteiger partial charge in [0.05, 0.1) is 6.10 Å². The minimum Gasteiger partial charge on any atom is -0.487 e. The molecule has 1 aromatic carbocycles.